The van der Waals surface area contributed by atoms with Crippen molar-refractivity contribution in [1.29, 1.82) is 0 Å². The average molecular weight is 511 g/mol. The second-order valence-corrected chi connectivity index (χ2v) is 11.5. The zero-order chi connectivity index (χ0) is 25.3. The van der Waals surface area contributed by atoms with Gasteiger partial charge in [-0.1, -0.05) is 98.8 Å². The van der Waals surface area contributed by atoms with Gasteiger partial charge in [0.05, 0.1) is 0 Å². The summed E-state index contributed by atoms with van der Waals surface area (Å²) in [4.78, 5) is 2.03. The maximum atomic E-state index is 4.70. The third kappa shape index (κ3) is 3.40. The highest BCUT2D eigenvalue weighted by molar-refractivity contribution is 7.80. The molecule has 0 spiro atoms. The molecule has 6 aromatic carbocycles. The summed E-state index contributed by atoms with van der Waals surface area (Å²) in [5, 5.41) is 4.86. The van der Waals surface area contributed by atoms with Gasteiger partial charge in [-0.2, -0.15) is 0 Å². The number of hydrogen-bond acceptors (Lipinski definition) is 2. The largest absolute Gasteiger partial charge is 0.143 e. The normalized spacial score (nSPS) is 13.6. The Bertz CT molecular complexity index is 1740. The lowest BCUT2D eigenvalue weighted by molar-refractivity contribution is 0.661. The van der Waals surface area contributed by atoms with E-state index >= 15 is 0 Å². The van der Waals surface area contributed by atoms with Gasteiger partial charge < -0.3 is 0 Å². The molecule has 0 radical (unpaired) electrons. The van der Waals surface area contributed by atoms with E-state index in [1.54, 1.807) is 0 Å². The fraction of sp³-hybridized carbons (Fsp3) is 0.0857. The van der Waals surface area contributed by atoms with Crippen molar-refractivity contribution in [3.63, 3.8) is 0 Å². The van der Waals surface area contributed by atoms with Crippen LogP contribution in [0.1, 0.15) is 25.0 Å². The summed E-state index contributed by atoms with van der Waals surface area (Å²) in [6, 6.07) is 39.7. The highest BCUT2D eigenvalue weighted by Gasteiger charge is 2.36. The van der Waals surface area contributed by atoms with E-state index in [1.165, 1.54) is 66.1 Å². The van der Waals surface area contributed by atoms with Crippen molar-refractivity contribution in [3.8, 4) is 33.4 Å². The Kier molecular flexibility index (Phi) is 5.08. The summed E-state index contributed by atoms with van der Waals surface area (Å²) in [6.07, 6.45) is 0. The first-order valence-electron chi connectivity index (χ1n) is 12.6. The summed E-state index contributed by atoms with van der Waals surface area (Å²) < 4.78 is 0. The fourth-order valence-corrected chi connectivity index (χ4v) is 6.68. The Morgan fingerprint density at radius 1 is 0.432 bits per heavy atom. The predicted molar refractivity (Wildman–Crippen MR) is 164 cm³/mol. The van der Waals surface area contributed by atoms with E-state index in [9.17, 15) is 0 Å². The minimum Gasteiger partial charge on any atom is -0.143 e. The molecule has 0 heterocycles. The molecule has 0 atom stereocenters. The summed E-state index contributed by atoms with van der Waals surface area (Å²) in [6.45, 7) is 4.71. The van der Waals surface area contributed by atoms with Crippen LogP contribution in [0.3, 0.4) is 0 Å². The van der Waals surface area contributed by atoms with Gasteiger partial charge >= 0.3 is 0 Å². The van der Waals surface area contributed by atoms with Crippen molar-refractivity contribution >= 4 is 46.8 Å². The van der Waals surface area contributed by atoms with Gasteiger partial charge in [0, 0.05) is 15.2 Å². The minimum atomic E-state index is -0.102. The molecule has 0 aliphatic heterocycles. The summed E-state index contributed by atoms with van der Waals surface area (Å²) in [7, 11) is 0. The Hall–Kier alpha value is -3.46. The Balaban J connectivity index is 1.38. The zero-order valence-corrected chi connectivity index (χ0v) is 22.6. The van der Waals surface area contributed by atoms with Crippen molar-refractivity contribution < 1.29 is 0 Å². The smallest absolute Gasteiger partial charge is 0.0159 e. The highest BCUT2D eigenvalue weighted by atomic mass is 32.1. The molecule has 178 valence electrons. The number of thiol groups is 2. The Morgan fingerprint density at radius 2 is 0.811 bits per heavy atom. The standard InChI is InChI=1S/C35H26S2/c1-35(2)31-19-21(23-15-17-33(36)29-9-5-3-7-25(23)29)11-13-27(31)28-14-12-22(20-32(28)35)24-16-18-34(37)30-10-6-4-8-26(24)30/h3-20,36-37H,1-2H3. The first-order valence-corrected chi connectivity index (χ1v) is 13.5. The molecule has 0 bridgehead atoms. The lowest BCUT2D eigenvalue weighted by Crippen LogP contribution is -2.15. The van der Waals surface area contributed by atoms with Crippen LogP contribution >= 0.6 is 25.3 Å². The average Bonchev–Trinajstić information content (AvgIpc) is 3.15. The molecule has 6 aromatic rings. The van der Waals surface area contributed by atoms with Gasteiger partial charge in [0.15, 0.2) is 0 Å². The molecule has 1 aliphatic carbocycles. The molecule has 1 aliphatic rings. The molecule has 0 fully saturated rings. The first kappa shape index (κ1) is 22.7. The molecular weight excluding hydrogens is 485 g/mol. The van der Waals surface area contributed by atoms with Crippen molar-refractivity contribution in [1.82, 2.24) is 0 Å². The fourth-order valence-electron chi connectivity index (χ4n) is 6.14. The molecule has 0 N–H and O–H groups in total. The van der Waals surface area contributed by atoms with E-state index in [0.717, 1.165) is 9.79 Å². The highest BCUT2D eigenvalue weighted by Crippen LogP contribution is 2.51. The third-order valence-corrected chi connectivity index (χ3v) is 8.88. The van der Waals surface area contributed by atoms with Gasteiger partial charge in [0.2, 0.25) is 0 Å². The first-order chi connectivity index (χ1) is 17.9. The molecule has 37 heavy (non-hydrogen) atoms. The molecule has 0 amide bonds. The number of rotatable bonds is 2. The Labute approximate surface area is 228 Å². The van der Waals surface area contributed by atoms with E-state index < -0.39 is 0 Å². The molecule has 0 nitrogen and oxygen atoms in total. The van der Waals surface area contributed by atoms with Crippen LogP contribution in [0.5, 0.6) is 0 Å². The maximum absolute atomic E-state index is 4.70. The number of benzene rings is 6. The molecule has 0 saturated carbocycles. The molecule has 0 saturated heterocycles. The van der Waals surface area contributed by atoms with Crippen LogP contribution in [0.4, 0.5) is 0 Å². The van der Waals surface area contributed by atoms with Crippen molar-refractivity contribution in [2.24, 2.45) is 0 Å². The molecule has 2 heteroatoms. The molecular formula is C35H26S2. The molecule has 0 unspecified atom stereocenters. The van der Waals surface area contributed by atoms with Crippen LogP contribution in [-0.2, 0) is 5.41 Å². The minimum absolute atomic E-state index is 0.102. The third-order valence-electron chi connectivity index (χ3n) is 8.10. The van der Waals surface area contributed by atoms with Crippen LogP contribution in [0.2, 0.25) is 0 Å². The summed E-state index contributed by atoms with van der Waals surface area (Å²) >= 11 is 9.40. The SMILES string of the molecule is CC1(C)c2cc(-c3ccc(S)c4ccccc34)ccc2-c2ccc(-c3ccc(S)c4ccccc34)cc21. The summed E-state index contributed by atoms with van der Waals surface area (Å²) in [5.74, 6) is 0. The van der Waals surface area contributed by atoms with E-state index in [-0.39, 0.29) is 5.41 Å². The van der Waals surface area contributed by atoms with Gasteiger partial charge in [-0.3, -0.25) is 0 Å². The molecule has 7 rings (SSSR count). The quantitative estimate of drug-likeness (QED) is 0.213. The predicted octanol–water partition coefficient (Wildman–Crippen LogP) is 10.2. The molecule has 0 aromatic heterocycles. The second-order valence-electron chi connectivity index (χ2n) is 10.5. The van der Waals surface area contributed by atoms with Gasteiger partial charge in [-0.25, -0.2) is 0 Å². The van der Waals surface area contributed by atoms with Crippen LogP contribution in [0.25, 0.3) is 54.9 Å². The van der Waals surface area contributed by atoms with Crippen LogP contribution in [0.15, 0.2) is 119 Å². The van der Waals surface area contributed by atoms with Crippen LogP contribution in [-0.4, -0.2) is 0 Å². The topological polar surface area (TPSA) is 0 Å². The van der Waals surface area contributed by atoms with E-state index in [4.69, 9.17) is 25.3 Å². The van der Waals surface area contributed by atoms with Gasteiger partial charge in [0.25, 0.3) is 0 Å². The lowest BCUT2D eigenvalue weighted by Gasteiger charge is -2.23. The Morgan fingerprint density at radius 3 is 1.24 bits per heavy atom. The van der Waals surface area contributed by atoms with E-state index in [0.29, 0.717) is 0 Å². The van der Waals surface area contributed by atoms with E-state index in [2.05, 4.69) is 123 Å². The monoisotopic (exact) mass is 510 g/mol. The maximum Gasteiger partial charge on any atom is 0.0159 e. The van der Waals surface area contributed by atoms with E-state index in [1.807, 2.05) is 0 Å². The number of fused-ring (bicyclic) bond motifs is 5. The van der Waals surface area contributed by atoms with Gasteiger partial charge in [-0.15, -0.1) is 25.3 Å². The van der Waals surface area contributed by atoms with Crippen molar-refractivity contribution in [2.45, 2.75) is 29.1 Å². The number of hydrogen-bond donors (Lipinski definition) is 2. The lowest BCUT2D eigenvalue weighted by atomic mass is 9.80. The van der Waals surface area contributed by atoms with Crippen molar-refractivity contribution in [3.05, 3.63) is 120 Å². The second kappa shape index (κ2) is 8.28. The van der Waals surface area contributed by atoms with Gasteiger partial charge in [0.1, 0.15) is 0 Å². The van der Waals surface area contributed by atoms with Crippen LogP contribution in [0, 0.1) is 0 Å². The zero-order valence-electron chi connectivity index (χ0n) is 20.8. The van der Waals surface area contributed by atoms with Crippen LogP contribution < -0.4 is 0 Å². The van der Waals surface area contributed by atoms with Crippen molar-refractivity contribution in [2.75, 3.05) is 0 Å². The van der Waals surface area contributed by atoms with Gasteiger partial charge in [-0.05, 0) is 90.3 Å². The summed E-state index contributed by atoms with van der Waals surface area (Å²) in [5.41, 5.74) is 10.3.